The fourth-order valence-electron chi connectivity index (χ4n) is 1.86. The standard InChI is InChI=1S/C14H21N3O4/c1-7(2)12(13(16)18)17-14(19)9-5-8(20-3)6-10(21-4)11(9)15/h5-7,12H,15H2,1-4H3,(H2,16,18)(H,17,19). The summed E-state index contributed by atoms with van der Waals surface area (Å²) in [5.74, 6) is -0.514. The Morgan fingerprint density at radius 1 is 1.19 bits per heavy atom. The van der Waals surface area contributed by atoms with E-state index in [1.807, 2.05) is 0 Å². The number of ether oxygens (including phenoxy) is 2. The van der Waals surface area contributed by atoms with Crippen LogP contribution < -0.4 is 26.3 Å². The number of nitrogen functional groups attached to an aromatic ring is 1. The molecule has 21 heavy (non-hydrogen) atoms. The van der Waals surface area contributed by atoms with Gasteiger partial charge >= 0.3 is 0 Å². The lowest BCUT2D eigenvalue weighted by molar-refractivity contribution is -0.120. The van der Waals surface area contributed by atoms with E-state index in [-0.39, 0.29) is 17.2 Å². The second-order valence-electron chi connectivity index (χ2n) is 4.89. The van der Waals surface area contributed by atoms with E-state index in [0.717, 1.165) is 0 Å². The van der Waals surface area contributed by atoms with Gasteiger partial charge < -0.3 is 26.3 Å². The minimum atomic E-state index is -0.783. The number of hydrogen-bond acceptors (Lipinski definition) is 5. The van der Waals surface area contributed by atoms with Crippen molar-refractivity contribution in [2.45, 2.75) is 19.9 Å². The summed E-state index contributed by atoms with van der Waals surface area (Å²) in [6.07, 6.45) is 0. The summed E-state index contributed by atoms with van der Waals surface area (Å²) in [4.78, 5) is 23.7. The molecule has 2 amide bonds. The van der Waals surface area contributed by atoms with E-state index in [2.05, 4.69) is 5.32 Å². The van der Waals surface area contributed by atoms with E-state index < -0.39 is 17.9 Å². The third-order valence-corrected chi connectivity index (χ3v) is 3.08. The molecule has 0 fully saturated rings. The lowest BCUT2D eigenvalue weighted by Gasteiger charge is -2.20. The summed E-state index contributed by atoms with van der Waals surface area (Å²) in [6, 6.07) is 2.26. The number of benzene rings is 1. The number of nitrogens with two attached hydrogens (primary N) is 2. The van der Waals surface area contributed by atoms with Gasteiger partial charge in [-0.2, -0.15) is 0 Å². The molecule has 0 aliphatic carbocycles. The molecule has 0 aromatic heterocycles. The van der Waals surface area contributed by atoms with Crippen molar-refractivity contribution in [3.63, 3.8) is 0 Å². The normalized spacial score (nSPS) is 11.9. The fourth-order valence-corrected chi connectivity index (χ4v) is 1.86. The first-order chi connectivity index (χ1) is 9.81. The van der Waals surface area contributed by atoms with Crippen LogP contribution in [-0.4, -0.2) is 32.1 Å². The van der Waals surface area contributed by atoms with Crippen LogP contribution in [0.4, 0.5) is 5.69 Å². The van der Waals surface area contributed by atoms with Gasteiger partial charge in [0.1, 0.15) is 17.5 Å². The van der Waals surface area contributed by atoms with Crippen molar-refractivity contribution < 1.29 is 19.1 Å². The topological polar surface area (TPSA) is 117 Å². The van der Waals surface area contributed by atoms with E-state index in [1.54, 1.807) is 19.9 Å². The molecular weight excluding hydrogens is 274 g/mol. The quantitative estimate of drug-likeness (QED) is 0.662. The molecule has 5 N–H and O–H groups in total. The predicted octanol–water partition coefficient (Wildman–Crippen LogP) is 0.526. The zero-order chi connectivity index (χ0) is 16.2. The molecule has 1 atom stereocenters. The van der Waals surface area contributed by atoms with Gasteiger partial charge in [0, 0.05) is 6.07 Å². The number of carbonyl (C=O) groups is 2. The number of amides is 2. The lowest BCUT2D eigenvalue weighted by atomic mass is 10.0. The Morgan fingerprint density at radius 3 is 2.24 bits per heavy atom. The van der Waals surface area contributed by atoms with E-state index in [4.69, 9.17) is 20.9 Å². The average Bonchev–Trinajstić information content (AvgIpc) is 2.43. The highest BCUT2D eigenvalue weighted by molar-refractivity contribution is 6.02. The van der Waals surface area contributed by atoms with Gasteiger partial charge in [0.15, 0.2) is 0 Å². The monoisotopic (exact) mass is 295 g/mol. The third-order valence-electron chi connectivity index (χ3n) is 3.08. The van der Waals surface area contributed by atoms with Gasteiger partial charge in [-0.05, 0) is 12.0 Å². The van der Waals surface area contributed by atoms with Crippen molar-refractivity contribution in [3.8, 4) is 11.5 Å². The van der Waals surface area contributed by atoms with Gasteiger partial charge in [-0.15, -0.1) is 0 Å². The van der Waals surface area contributed by atoms with Crippen molar-refractivity contribution in [1.29, 1.82) is 0 Å². The molecule has 1 rings (SSSR count). The van der Waals surface area contributed by atoms with Gasteiger partial charge in [0.25, 0.3) is 5.91 Å². The van der Waals surface area contributed by atoms with Gasteiger partial charge in [-0.25, -0.2) is 0 Å². The van der Waals surface area contributed by atoms with Crippen LogP contribution in [0.5, 0.6) is 11.5 Å². The summed E-state index contributed by atoms with van der Waals surface area (Å²) in [5.41, 5.74) is 11.5. The van der Waals surface area contributed by atoms with Gasteiger partial charge in [-0.1, -0.05) is 13.8 Å². The van der Waals surface area contributed by atoms with Crippen molar-refractivity contribution in [3.05, 3.63) is 17.7 Å². The Morgan fingerprint density at radius 2 is 1.81 bits per heavy atom. The minimum absolute atomic E-state index is 0.139. The van der Waals surface area contributed by atoms with Crippen molar-refractivity contribution >= 4 is 17.5 Å². The minimum Gasteiger partial charge on any atom is -0.497 e. The summed E-state index contributed by atoms with van der Waals surface area (Å²) in [6.45, 7) is 3.57. The van der Waals surface area contributed by atoms with E-state index in [9.17, 15) is 9.59 Å². The van der Waals surface area contributed by atoms with E-state index >= 15 is 0 Å². The lowest BCUT2D eigenvalue weighted by Crippen LogP contribution is -2.47. The second kappa shape index (κ2) is 6.83. The number of primary amides is 1. The number of carbonyl (C=O) groups excluding carboxylic acids is 2. The maximum atomic E-state index is 12.3. The first-order valence-corrected chi connectivity index (χ1v) is 6.43. The highest BCUT2D eigenvalue weighted by Gasteiger charge is 2.24. The van der Waals surface area contributed by atoms with Crippen molar-refractivity contribution in [2.75, 3.05) is 20.0 Å². The number of methoxy groups -OCH3 is 2. The molecule has 0 heterocycles. The Bertz CT molecular complexity index is 543. The molecule has 7 nitrogen and oxygen atoms in total. The summed E-state index contributed by atoms with van der Waals surface area (Å²) in [7, 11) is 2.90. The third kappa shape index (κ3) is 3.77. The molecular formula is C14H21N3O4. The van der Waals surface area contributed by atoms with Gasteiger partial charge in [0.05, 0.1) is 25.5 Å². The van der Waals surface area contributed by atoms with E-state index in [0.29, 0.717) is 11.5 Å². The number of anilines is 1. The van der Waals surface area contributed by atoms with Crippen LogP contribution in [0.3, 0.4) is 0 Å². The maximum absolute atomic E-state index is 12.3. The average molecular weight is 295 g/mol. The molecule has 0 spiro atoms. The zero-order valence-corrected chi connectivity index (χ0v) is 12.6. The summed E-state index contributed by atoms with van der Waals surface area (Å²) < 4.78 is 10.2. The molecule has 1 unspecified atom stereocenters. The SMILES string of the molecule is COc1cc(OC)c(N)c(C(=O)NC(C(N)=O)C(C)C)c1. The van der Waals surface area contributed by atoms with Crippen molar-refractivity contribution in [2.24, 2.45) is 11.7 Å². The number of nitrogens with one attached hydrogen (secondary N) is 1. The molecule has 7 heteroatoms. The highest BCUT2D eigenvalue weighted by Crippen LogP contribution is 2.31. The Labute approximate surface area is 123 Å². The van der Waals surface area contributed by atoms with Crippen LogP contribution in [0.2, 0.25) is 0 Å². The largest absolute Gasteiger partial charge is 0.497 e. The van der Waals surface area contributed by atoms with Crippen LogP contribution in [0.25, 0.3) is 0 Å². The molecule has 0 bridgehead atoms. The molecule has 0 saturated heterocycles. The van der Waals surface area contributed by atoms with Crippen LogP contribution in [0.15, 0.2) is 12.1 Å². The Kier molecular flexibility index (Phi) is 5.40. The van der Waals surface area contributed by atoms with Crippen LogP contribution in [0.1, 0.15) is 24.2 Å². The molecule has 1 aromatic rings. The highest BCUT2D eigenvalue weighted by atomic mass is 16.5. The van der Waals surface area contributed by atoms with Crippen LogP contribution in [0, 0.1) is 5.92 Å². The first-order valence-electron chi connectivity index (χ1n) is 6.43. The van der Waals surface area contributed by atoms with Gasteiger partial charge in [0.2, 0.25) is 5.91 Å². The van der Waals surface area contributed by atoms with Gasteiger partial charge in [-0.3, -0.25) is 9.59 Å². The molecule has 0 aliphatic rings. The molecule has 0 aliphatic heterocycles. The number of hydrogen-bond donors (Lipinski definition) is 3. The van der Waals surface area contributed by atoms with Crippen LogP contribution >= 0.6 is 0 Å². The fraction of sp³-hybridized carbons (Fsp3) is 0.429. The molecule has 1 aromatic carbocycles. The maximum Gasteiger partial charge on any atom is 0.254 e. The van der Waals surface area contributed by atoms with Crippen LogP contribution in [-0.2, 0) is 4.79 Å². The molecule has 0 radical (unpaired) electrons. The smallest absolute Gasteiger partial charge is 0.254 e. The number of rotatable bonds is 6. The Hall–Kier alpha value is -2.44. The summed E-state index contributed by atoms with van der Waals surface area (Å²) in [5, 5.41) is 2.57. The molecule has 0 saturated carbocycles. The first kappa shape index (κ1) is 16.6. The summed E-state index contributed by atoms with van der Waals surface area (Å²) >= 11 is 0. The Balaban J connectivity index is 3.14. The zero-order valence-electron chi connectivity index (χ0n) is 12.6. The second-order valence-corrected chi connectivity index (χ2v) is 4.89. The molecule has 116 valence electrons. The predicted molar refractivity (Wildman–Crippen MR) is 79.2 cm³/mol. The van der Waals surface area contributed by atoms with Crippen molar-refractivity contribution in [1.82, 2.24) is 5.32 Å². The van der Waals surface area contributed by atoms with E-state index in [1.165, 1.54) is 20.3 Å².